The number of hydrogen-bond donors (Lipinski definition) is 2. The van der Waals surface area contributed by atoms with Crippen molar-refractivity contribution >= 4 is 0 Å². The van der Waals surface area contributed by atoms with Gasteiger partial charge in [-0.05, 0) is 0 Å². The van der Waals surface area contributed by atoms with Crippen molar-refractivity contribution in [1.82, 2.24) is 4.98 Å². The molecule has 0 atom stereocenters. The van der Waals surface area contributed by atoms with Crippen molar-refractivity contribution in [1.29, 1.82) is 0 Å². The van der Waals surface area contributed by atoms with E-state index in [4.69, 9.17) is 5.11 Å². The van der Waals surface area contributed by atoms with Gasteiger partial charge in [-0.15, -0.1) is 0 Å². The number of ether oxygens (including phenoxy) is 1. The molecule has 14 heavy (non-hydrogen) atoms. The van der Waals surface area contributed by atoms with Crippen molar-refractivity contribution in [2.45, 2.75) is 13.0 Å². The molecule has 0 aromatic carbocycles. The minimum atomic E-state index is -2.86. The zero-order chi connectivity index (χ0) is 10.7. The van der Waals surface area contributed by atoms with Crippen molar-refractivity contribution < 1.29 is 18.6 Å². The minimum absolute atomic E-state index is 0.0851. The van der Waals surface area contributed by atoms with Gasteiger partial charge in [-0.25, -0.2) is 8.78 Å². The van der Waals surface area contributed by atoms with E-state index in [0.29, 0.717) is 0 Å². The van der Waals surface area contributed by atoms with Gasteiger partial charge in [-0.2, -0.15) is 0 Å². The van der Waals surface area contributed by atoms with Crippen LogP contribution in [0.4, 0.5) is 8.78 Å². The predicted molar refractivity (Wildman–Crippen MR) is 44.5 cm³/mol. The van der Waals surface area contributed by atoms with E-state index in [0.717, 1.165) is 6.20 Å². The lowest BCUT2D eigenvalue weighted by atomic mass is 10.2. The molecule has 0 aliphatic carbocycles. The standard InChI is InChI=1S/C8H9F2NO3/c1-14-7-5(3-12)11-2-4(6(7)13)8(9)10/h2,8,12H,3H2,1H3,(H,11,13). The summed E-state index contributed by atoms with van der Waals surface area (Å²) in [6.07, 6.45) is -1.98. The third-order valence-corrected chi connectivity index (χ3v) is 1.74. The fourth-order valence-electron chi connectivity index (χ4n) is 1.06. The highest BCUT2D eigenvalue weighted by molar-refractivity contribution is 5.31. The largest absolute Gasteiger partial charge is 0.491 e. The van der Waals surface area contributed by atoms with E-state index in [-0.39, 0.29) is 11.4 Å². The second-order valence-electron chi connectivity index (χ2n) is 2.54. The molecule has 0 amide bonds. The van der Waals surface area contributed by atoms with Crippen molar-refractivity contribution in [3.05, 3.63) is 27.7 Å². The molecule has 0 saturated heterocycles. The van der Waals surface area contributed by atoms with Gasteiger partial charge in [0, 0.05) is 6.20 Å². The van der Waals surface area contributed by atoms with Gasteiger partial charge in [-0.1, -0.05) is 0 Å². The number of nitrogens with one attached hydrogen (secondary N) is 1. The Morgan fingerprint density at radius 2 is 2.29 bits per heavy atom. The smallest absolute Gasteiger partial charge is 0.269 e. The number of aromatic amines is 1. The van der Waals surface area contributed by atoms with E-state index in [1.165, 1.54) is 7.11 Å². The summed E-state index contributed by atoms with van der Waals surface area (Å²) < 4.78 is 29.1. The molecule has 0 unspecified atom stereocenters. The molecule has 1 rings (SSSR count). The number of aliphatic hydroxyl groups excluding tert-OH is 1. The first kappa shape index (κ1) is 10.6. The van der Waals surface area contributed by atoms with E-state index >= 15 is 0 Å². The van der Waals surface area contributed by atoms with E-state index in [9.17, 15) is 13.6 Å². The Morgan fingerprint density at radius 1 is 1.64 bits per heavy atom. The highest BCUT2D eigenvalue weighted by atomic mass is 19.3. The summed E-state index contributed by atoms with van der Waals surface area (Å²) >= 11 is 0. The minimum Gasteiger partial charge on any atom is -0.491 e. The first-order valence-electron chi connectivity index (χ1n) is 3.79. The molecule has 0 spiro atoms. The number of rotatable bonds is 3. The van der Waals surface area contributed by atoms with Crippen LogP contribution >= 0.6 is 0 Å². The van der Waals surface area contributed by atoms with Crippen LogP contribution < -0.4 is 10.2 Å². The van der Waals surface area contributed by atoms with Crippen LogP contribution in [0.25, 0.3) is 0 Å². The molecular formula is C8H9F2NO3. The number of H-pyrrole nitrogens is 1. The molecule has 0 fully saturated rings. The molecule has 4 nitrogen and oxygen atoms in total. The zero-order valence-electron chi connectivity index (χ0n) is 7.38. The number of hydrogen-bond acceptors (Lipinski definition) is 3. The van der Waals surface area contributed by atoms with Crippen molar-refractivity contribution in [2.24, 2.45) is 0 Å². The number of methoxy groups -OCH3 is 1. The summed E-state index contributed by atoms with van der Waals surface area (Å²) in [5, 5.41) is 8.77. The fourth-order valence-corrected chi connectivity index (χ4v) is 1.06. The summed E-state index contributed by atoms with van der Waals surface area (Å²) in [6.45, 7) is -0.470. The molecule has 2 N–H and O–H groups in total. The van der Waals surface area contributed by atoms with Gasteiger partial charge in [0.15, 0.2) is 5.75 Å². The summed E-state index contributed by atoms with van der Waals surface area (Å²) in [4.78, 5) is 13.7. The number of aromatic nitrogens is 1. The van der Waals surface area contributed by atoms with Crippen LogP contribution in [0.2, 0.25) is 0 Å². The molecule has 0 aliphatic rings. The molecule has 1 aromatic heterocycles. The summed E-state index contributed by atoms with van der Waals surface area (Å²) in [5.41, 5.74) is -1.48. The Morgan fingerprint density at radius 3 is 2.71 bits per heavy atom. The van der Waals surface area contributed by atoms with E-state index in [2.05, 4.69) is 9.72 Å². The number of halogens is 2. The lowest BCUT2D eigenvalue weighted by Gasteiger charge is -2.07. The van der Waals surface area contributed by atoms with Crippen LogP contribution in [0.1, 0.15) is 17.7 Å². The molecular weight excluding hydrogens is 196 g/mol. The van der Waals surface area contributed by atoms with Crippen LogP contribution in [0.15, 0.2) is 11.0 Å². The van der Waals surface area contributed by atoms with Gasteiger partial charge >= 0.3 is 0 Å². The maximum Gasteiger partial charge on any atom is 0.269 e. The number of alkyl halides is 2. The van der Waals surface area contributed by atoms with Gasteiger partial charge in [0.1, 0.15) is 0 Å². The van der Waals surface area contributed by atoms with E-state index < -0.39 is 24.0 Å². The first-order chi connectivity index (χ1) is 6.61. The monoisotopic (exact) mass is 205 g/mol. The molecule has 1 heterocycles. The first-order valence-corrected chi connectivity index (χ1v) is 3.79. The van der Waals surface area contributed by atoms with Crippen LogP contribution in [0.3, 0.4) is 0 Å². The second-order valence-corrected chi connectivity index (χ2v) is 2.54. The van der Waals surface area contributed by atoms with Gasteiger partial charge < -0.3 is 14.8 Å². The lowest BCUT2D eigenvalue weighted by molar-refractivity contribution is 0.149. The average Bonchev–Trinajstić information content (AvgIpc) is 2.16. The maximum absolute atomic E-state index is 12.2. The zero-order valence-corrected chi connectivity index (χ0v) is 7.38. The highest BCUT2D eigenvalue weighted by Gasteiger charge is 2.17. The van der Waals surface area contributed by atoms with Crippen LogP contribution in [-0.4, -0.2) is 17.2 Å². The van der Waals surface area contributed by atoms with Crippen LogP contribution in [0.5, 0.6) is 5.75 Å². The number of pyridine rings is 1. The van der Waals surface area contributed by atoms with Gasteiger partial charge in [0.05, 0.1) is 25.0 Å². The molecule has 0 bridgehead atoms. The normalized spacial score (nSPS) is 10.6. The third-order valence-electron chi connectivity index (χ3n) is 1.74. The molecule has 1 aromatic rings. The number of aliphatic hydroxyl groups is 1. The van der Waals surface area contributed by atoms with Crippen molar-refractivity contribution in [3.8, 4) is 5.75 Å². The summed E-state index contributed by atoms with van der Waals surface area (Å²) in [7, 11) is 1.18. The van der Waals surface area contributed by atoms with Gasteiger partial charge in [0.2, 0.25) is 5.43 Å². The second kappa shape index (κ2) is 4.19. The summed E-state index contributed by atoms with van der Waals surface area (Å²) in [6, 6.07) is 0. The molecule has 78 valence electrons. The van der Waals surface area contributed by atoms with Gasteiger partial charge in [0.25, 0.3) is 6.43 Å². The quantitative estimate of drug-likeness (QED) is 0.767. The van der Waals surface area contributed by atoms with Crippen molar-refractivity contribution in [3.63, 3.8) is 0 Å². The lowest BCUT2D eigenvalue weighted by Crippen LogP contribution is -2.15. The SMILES string of the molecule is COc1c(CO)[nH]cc(C(F)F)c1=O. The van der Waals surface area contributed by atoms with E-state index in [1.54, 1.807) is 0 Å². The maximum atomic E-state index is 12.2. The van der Waals surface area contributed by atoms with Crippen LogP contribution in [0, 0.1) is 0 Å². The Hall–Kier alpha value is -1.43. The Labute approximate surface area is 78.1 Å². The fraction of sp³-hybridized carbons (Fsp3) is 0.375. The van der Waals surface area contributed by atoms with Gasteiger partial charge in [-0.3, -0.25) is 4.79 Å². The molecule has 6 heteroatoms. The van der Waals surface area contributed by atoms with Crippen LogP contribution in [-0.2, 0) is 6.61 Å². The molecule has 0 aliphatic heterocycles. The third kappa shape index (κ3) is 1.74. The Balaban J connectivity index is 3.35. The summed E-state index contributed by atoms with van der Waals surface area (Å²) in [5.74, 6) is -0.273. The molecule has 0 saturated carbocycles. The van der Waals surface area contributed by atoms with Crippen molar-refractivity contribution in [2.75, 3.05) is 7.11 Å². The topological polar surface area (TPSA) is 62.3 Å². The van der Waals surface area contributed by atoms with E-state index in [1.807, 2.05) is 0 Å². The average molecular weight is 205 g/mol. The Bertz CT molecular complexity index is 375. The predicted octanol–water partition coefficient (Wildman–Crippen LogP) is 0.813. The highest BCUT2D eigenvalue weighted by Crippen LogP contribution is 2.18. The Kier molecular flexibility index (Phi) is 3.19. The molecule has 0 radical (unpaired) electrons.